The first-order valence-electron chi connectivity index (χ1n) is 9.03. The van der Waals surface area contributed by atoms with Crippen molar-refractivity contribution in [2.24, 2.45) is 0 Å². The first kappa shape index (κ1) is 19.8. The Balaban J connectivity index is 1.59. The van der Waals surface area contributed by atoms with Crippen LogP contribution in [0.1, 0.15) is 22.3 Å². The van der Waals surface area contributed by atoms with Gasteiger partial charge in [0, 0.05) is 12.2 Å². The molecule has 29 heavy (non-hydrogen) atoms. The van der Waals surface area contributed by atoms with Crippen molar-refractivity contribution in [1.29, 1.82) is 0 Å². The molecule has 6 heteroatoms. The number of aliphatic carboxylic acids is 2. The van der Waals surface area contributed by atoms with E-state index in [1.165, 1.54) is 0 Å². The van der Waals surface area contributed by atoms with Gasteiger partial charge in [0.2, 0.25) is 6.33 Å². The highest BCUT2D eigenvalue weighted by molar-refractivity contribution is 5.85. The van der Waals surface area contributed by atoms with Crippen molar-refractivity contribution < 1.29 is 24.4 Å². The zero-order valence-electron chi connectivity index (χ0n) is 15.7. The van der Waals surface area contributed by atoms with Gasteiger partial charge < -0.3 is 10.2 Å². The molecule has 2 N–H and O–H groups in total. The molecule has 3 rings (SSSR count). The number of benzene rings is 2. The lowest BCUT2D eigenvalue weighted by atomic mass is 10.1. The average Bonchev–Trinajstić information content (AvgIpc) is 3.13. The fraction of sp³-hybridized carbons (Fsp3) is 0.0870. The van der Waals surface area contributed by atoms with Gasteiger partial charge >= 0.3 is 11.9 Å². The summed E-state index contributed by atoms with van der Waals surface area (Å²) < 4.78 is 4.15. The van der Waals surface area contributed by atoms with Crippen LogP contribution in [0.4, 0.5) is 0 Å². The van der Waals surface area contributed by atoms with Crippen molar-refractivity contribution in [3.05, 3.63) is 102 Å². The first-order valence-corrected chi connectivity index (χ1v) is 9.03. The Hall–Kier alpha value is -3.93. The monoisotopic (exact) mass is 389 g/mol. The summed E-state index contributed by atoms with van der Waals surface area (Å²) in [7, 11) is 0. The summed E-state index contributed by atoms with van der Waals surface area (Å²) in [5.74, 6) is -1.92. The van der Waals surface area contributed by atoms with Crippen LogP contribution >= 0.6 is 0 Å². The maximum Gasteiger partial charge on any atom is 0.328 e. The molecule has 1 aromatic heterocycles. The lowest BCUT2D eigenvalue weighted by Crippen LogP contribution is -2.31. The van der Waals surface area contributed by atoms with E-state index in [4.69, 9.17) is 10.2 Å². The number of aromatic nitrogens is 2. The van der Waals surface area contributed by atoms with E-state index in [0.29, 0.717) is 0 Å². The van der Waals surface area contributed by atoms with Crippen molar-refractivity contribution in [2.45, 2.75) is 13.1 Å². The quantitative estimate of drug-likeness (QED) is 0.458. The third-order valence-corrected chi connectivity index (χ3v) is 4.27. The molecule has 0 saturated heterocycles. The molecule has 0 radical (unpaired) electrons. The van der Waals surface area contributed by atoms with E-state index in [1.807, 2.05) is 67.3 Å². The second-order valence-corrected chi connectivity index (χ2v) is 6.58. The summed E-state index contributed by atoms with van der Waals surface area (Å²) >= 11 is 0. The van der Waals surface area contributed by atoms with E-state index < -0.39 is 11.9 Å². The fourth-order valence-corrected chi connectivity index (χ4v) is 2.85. The minimum absolute atomic E-state index is 0.717. The lowest BCUT2D eigenvalue weighted by molar-refractivity contribution is -0.687. The summed E-state index contributed by atoms with van der Waals surface area (Å²) in [4.78, 5) is 21.1. The highest BCUT2D eigenvalue weighted by Gasteiger charge is 2.06. The molecule has 0 spiro atoms. The largest absolute Gasteiger partial charge is 0.478 e. The average molecular weight is 389 g/mol. The number of nitrogens with zero attached hydrogens (tertiary/aromatic N) is 2. The minimum atomic E-state index is -0.961. The van der Waals surface area contributed by atoms with Gasteiger partial charge in [0.25, 0.3) is 0 Å². The Morgan fingerprint density at radius 2 is 1.34 bits per heavy atom. The van der Waals surface area contributed by atoms with E-state index in [-0.39, 0.29) is 0 Å². The number of carbonyl (C=O) groups is 2. The van der Waals surface area contributed by atoms with Crippen LogP contribution in [-0.2, 0) is 22.7 Å². The Bertz CT molecular complexity index is 961. The third kappa shape index (κ3) is 6.32. The van der Waals surface area contributed by atoms with E-state index in [0.717, 1.165) is 47.5 Å². The van der Waals surface area contributed by atoms with E-state index in [1.54, 1.807) is 12.2 Å². The van der Waals surface area contributed by atoms with Crippen LogP contribution in [0.5, 0.6) is 0 Å². The molecule has 0 aliphatic rings. The molecule has 0 saturated carbocycles. The molecule has 2 aromatic carbocycles. The fourth-order valence-electron chi connectivity index (χ4n) is 2.85. The van der Waals surface area contributed by atoms with Gasteiger partial charge in [-0.15, -0.1) is 0 Å². The number of imidazole rings is 1. The Kier molecular flexibility index (Phi) is 6.37. The lowest BCUT2D eigenvalue weighted by Gasteiger charge is -2.00. The standard InChI is InChI=1S/C23H20N2O4/c26-22(27)11-9-18-1-5-20(6-2-18)15-24-13-14-25(17-24)16-21-7-3-19(4-8-21)10-12-23(28)29/h1-14,17H,15-16H2,(H-,26,27,28,29)/p+1/b11-9+,12-10+. The van der Waals surface area contributed by atoms with Crippen LogP contribution in [0.15, 0.2) is 79.4 Å². The molecule has 0 amide bonds. The summed E-state index contributed by atoms with van der Waals surface area (Å²) in [5.41, 5.74) is 3.94. The number of rotatable bonds is 8. The molecular weight excluding hydrogens is 368 g/mol. The summed E-state index contributed by atoms with van der Waals surface area (Å²) in [6.07, 6.45) is 11.4. The Morgan fingerprint density at radius 1 is 0.828 bits per heavy atom. The molecule has 1 heterocycles. The molecule has 0 fully saturated rings. The van der Waals surface area contributed by atoms with Crippen LogP contribution in [0.25, 0.3) is 12.2 Å². The first-order chi connectivity index (χ1) is 14.0. The highest BCUT2D eigenvalue weighted by Crippen LogP contribution is 2.09. The van der Waals surface area contributed by atoms with Gasteiger partial charge in [-0.25, -0.2) is 18.7 Å². The maximum atomic E-state index is 10.6. The Labute approximate surface area is 168 Å². The predicted molar refractivity (Wildman–Crippen MR) is 109 cm³/mol. The molecule has 3 aromatic rings. The van der Waals surface area contributed by atoms with Gasteiger partial charge in [-0.05, 0) is 34.4 Å². The molecule has 0 aliphatic heterocycles. The second-order valence-electron chi connectivity index (χ2n) is 6.58. The van der Waals surface area contributed by atoms with E-state index in [2.05, 4.69) is 9.13 Å². The van der Waals surface area contributed by atoms with Crippen LogP contribution in [0.2, 0.25) is 0 Å². The normalized spacial score (nSPS) is 11.3. The van der Waals surface area contributed by atoms with Crippen molar-refractivity contribution in [2.75, 3.05) is 0 Å². The molecule has 146 valence electrons. The molecule has 0 aliphatic carbocycles. The van der Waals surface area contributed by atoms with Crippen LogP contribution in [0, 0.1) is 0 Å². The van der Waals surface area contributed by atoms with Crippen LogP contribution in [-0.4, -0.2) is 26.7 Å². The van der Waals surface area contributed by atoms with E-state index >= 15 is 0 Å². The smallest absolute Gasteiger partial charge is 0.328 e. The topological polar surface area (TPSA) is 83.4 Å². The highest BCUT2D eigenvalue weighted by atomic mass is 16.4. The van der Waals surface area contributed by atoms with E-state index in [9.17, 15) is 9.59 Å². The van der Waals surface area contributed by atoms with Crippen molar-refractivity contribution in [1.82, 2.24) is 4.57 Å². The molecular formula is C23H21N2O4+. The van der Waals surface area contributed by atoms with Gasteiger partial charge in [0.15, 0.2) is 0 Å². The number of hydrogen-bond donors (Lipinski definition) is 2. The molecule has 0 unspecified atom stereocenters. The van der Waals surface area contributed by atoms with Gasteiger partial charge in [-0.2, -0.15) is 0 Å². The summed E-state index contributed by atoms with van der Waals surface area (Å²) in [6, 6.07) is 15.5. The summed E-state index contributed by atoms with van der Waals surface area (Å²) in [6.45, 7) is 1.43. The number of carboxylic acid groups (broad SMARTS) is 2. The van der Waals surface area contributed by atoms with Gasteiger partial charge in [0.05, 0.1) is 0 Å². The van der Waals surface area contributed by atoms with Crippen molar-refractivity contribution in [3.63, 3.8) is 0 Å². The zero-order chi connectivity index (χ0) is 20.6. The maximum absolute atomic E-state index is 10.6. The third-order valence-electron chi connectivity index (χ3n) is 4.27. The SMILES string of the molecule is O=C(O)/C=C/c1ccc(Cn2cc[n+](Cc3ccc(/C=C/C(=O)O)cc3)c2)cc1. The van der Waals surface area contributed by atoms with Crippen LogP contribution < -0.4 is 4.57 Å². The van der Waals surface area contributed by atoms with Crippen LogP contribution in [0.3, 0.4) is 0 Å². The van der Waals surface area contributed by atoms with Crippen molar-refractivity contribution >= 4 is 24.1 Å². The van der Waals surface area contributed by atoms with Gasteiger partial charge in [0.1, 0.15) is 25.5 Å². The summed E-state index contributed by atoms with van der Waals surface area (Å²) in [5, 5.41) is 17.3. The van der Waals surface area contributed by atoms with Gasteiger partial charge in [-0.1, -0.05) is 48.5 Å². The molecule has 6 nitrogen and oxygen atoms in total. The van der Waals surface area contributed by atoms with Gasteiger partial charge in [-0.3, -0.25) is 0 Å². The zero-order valence-corrected chi connectivity index (χ0v) is 15.7. The molecule has 0 bridgehead atoms. The predicted octanol–water partition coefficient (Wildman–Crippen LogP) is 3.07. The minimum Gasteiger partial charge on any atom is -0.478 e. The Morgan fingerprint density at radius 3 is 1.86 bits per heavy atom. The number of carboxylic acids is 2. The van der Waals surface area contributed by atoms with Crippen molar-refractivity contribution in [3.8, 4) is 0 Å². The second kappa shape index (κ2) is 9.32. The molecule has 0 atom stereocenters. The number of hydrogen-bond acceptors (Lipinski definition) is 2.